The van der Waals surface area contributed by atoms with E-state index in [0.717, 1.165) is 31.9 Å². The molecule has 0 atom stereocenters. The van der Waals surface area contributed by atoms with Crippen LogP contribution in [0.5, 0.6) is 0 Å². The van der Waals surface area contributed by atoms with Gasteiger partial charge in [0.15, 0.2) is 0 Å². The second-order valence-corrected chi connectivity index (χ2v) is 4.75. The van der Waals surface area contributed by atoms with E-state index < -0.39 is 18.1 Å². The lowest BCUT2D eigenvalue weighted by Crippen LogP contribution is -2.43. The highest BCUT2D eigenvalue weighted by atomic mass is 19.3. The lowest BCUT2D eigenvalue weighted by atomic mass is 10.1. The molecule has 1 N–H and O–H groups in total. The molecule has 3 rings (SSSR count). The van der Waals surface area contributed by atoms with Crippen molar-refractivity contribution in [3.63, 3.8) is 0 Å². The molecule has 0 saturated carbocycles. The van der Waals surface area contributed by atoms with Crippen molar-refractivity contribution in [2.75, 3.05) is 31.1 Å². The fraction of sp³-hybridized carbons (Fsp3) is 0.462. The molecule has 0 radical (unpaired) electrons. The minimum atomic E-state index is -3.23. The highest BCUT2D eigenvalue weighted by Gasteiger charge is 2.47. The summed E-state index contributed by atoms with van der Waals surface area (Å²) in [5, 5.41) is 3.22. The minimum Gasteiger partial charge on any atom is -0.369 e. The van der Waals surface area contributed by atoms with E-state index in [2.05, 4.69) is 10.2 Å². The zero-order valence-corrected chi connectivity index (χ0v) is 9.88. The van der Waals surface area contributed by atoms with Crippen molar-refractivity contribution in [3.8, 4) is 0 Å². The molecule has 2 aliphatic rings. The Kier molecular flexibility index (Phi) is 2.59. The quantitative estimate of drug-likeness (QED) is 0.821. The maximum Gasteiger partial charge on any atom is 0.313 e. The number of piperazine rings is 1. The lowest BCUT2D eigenvalue weighted by Gasteiger charge is -2.31. The fourth-order valence-corrected chi connectivity index (χ4v) is 2.67. The first-order valence-corrected chi connectivity index (χ1v) is 6.10. The summed E-state index contributed by atoms with van der Waals surface area (Å²) in [6.45, 7) is 3.26. The smallest absolute Gasteiger partial charge is 0.313 e. The highest BCUT2D eigenvalue weighted by molar-refractivity contribution is 6.07. The van der Waals surface area contributed by atoms with Crippen LogP contribution >= 0.6 is 0 Å². The van der Waals surface area contributed by atoms with E-state index in [1.807, 2.05) is 6.07 Å². The molecule has 96 valence electrons. The maximum absolute atomic E-state index is 13.5. The number of halogens is 2. The Morgan fingerprint density at radius 1 is 1.22 bits per heavy atom. The molecule has 0 amide bonds. The Bertz CT molecular complexity index is 496. The van der Waals surface area contributed by atoms with Gasteiger partial charge in [-0.2, -0.15) is 8.78 Å². The van der Waals surface area contributed by atoms with Gasteiger partial charge in [0.1, 0.15) is 0 Å². The second-order valence-electron chi connectivity index (χ2n) is 4.75. The van der Waals surface area contributed by atoms with Crippen molar-refractivity contribution in [3.05, 3.63) is 29.3 Å². The van der Waals surface area contributed by atoms with Gasteiger partial charge in [-0.3, -0.25) is 4.79 Å². The Hall–Kier alpha value is -1.49. The van der Waals surface area contributed by atoms with Crippen LogP contribution in [-0.2, 0) is 6.42 Å². The number of alkyl halides is 2. The zero-order chi connectivity index (χ0) is 12.8. The van der Waals surface area contributed by atoms with E-state index in [1.165, 1.54) is 6.07 Å². The summed E-state index contributed by atoms with van der Waals surface area (Å²) in [4.78, 5) is 13.6. The van der Waals surface area contributed by atoms with Gasteiger partial charge in [-0.25, -0.2) is 0 Å². The number of ketones is 1. The van der Waals surface area contributed by atoms with E-state index in [1.54, 1.807) is 6.07 Å². The molecule has 0 aromatic heterocycles. The molecular formula is C13H14F2N2O. The van der Waals surface area contributed by atoms with Crippen LogP contribution in [0.2, 0.25) is 0 Å². The molecule has 5 heteroatoms. The number of benzene rings is 1. The molecule has 0 spiro atoms. The monoisotopic (exact) mass is 252 g/mol. The average molecular weight is 252 g/mol. The van der Waals surface area contributed by atoms with Gasteiger partial charge in [-0.05, 0) is 11.6 Å². The van der Waals surface area contributed by atoms with Gasteiger partial charge in [0.2, 0.25) is 5.78 Å². The molecule has 18 heavy (non-hydrogen) atoms. The van der Waals surface area contributed by atoms with Crippen molar-refractivity contribution >= 4 is 11.5 Å². The van der Waals surface area contributed by atoms with Gasteiger partial charge in [0.05, 0.1) is 0 Å². The zero-order valence-electron chi connectivity index (χ0n) is 9.88. The highest BCUT2D eigenvalue weighted by Crippen LogP contribution is 2.39. The molecule has 1 aromatic carbocycles. The molecule has 3 nitrogen and oxygen atoms in total. The normalized spacial score (nSPS) is 22.1. The number of anilines is 1. The van der Waals surface area contributed by atoms with Gasteiger partial charge in [-0.1, -0.05) is 12.1 Å². The third-order valence-electron chi connectivity index (χ3n) is 3.58. The lowest BCUT2D eigenvalue weighted by molar-refractivity contribution is 0.0168. The number of carbonyl (C=O) groups is 1. The van der Waals surface area contributed by atoms with E-state index >= 15 is 0 Å². The third kappa shape index (κ3) is 1.70. The minimum absolute atomic E-state index is 0.191. The van der Waals surface area contributed by atoms with Crippen LogP contribution in [0.3, 0.4) is 0 Å². The molecule has 1 aromatic rings. The summed E-state index contributed by atoms with van der Waals surface area (Å²) >= 11 is 0. The number of hydrogen-bond acceptors (Lipinski definition) is 3. The van der Waals surface area contributed by atoms with Crippen LogP contribution in [0, 0.1) is 0 Å². The largest absolute Gasteiger partial charge is 0.369 e. The number of nitrogens with zero attached hydrogens (tertiary/aromatic N) is 1. The maximum atomic E-state index is 13.5. The Balaban J connectivity index is 2.01. The van der Waals surface area contributed by atoms with Gasteiger partial charge < -0.3 is 10.2 Å². The van der Waals surface area contributed by atoms with Crippen LogP contribution in [0.1, 0.15) is 15.9 Å². The van der Waals surface area contributed by atoms with E-state index in [4.69, 9.17) is 0 Å². The summed E-state index contributed by atoms with van der Waals surface area (Å²) in [5.41, 5.74) is 1.49. The van der Waals surface area contributed by atoms with Crippen LogP contribution in [-0.4, -0.2) is 37.9 Å². The average Bonchev–Trinajstić information content (AvgIpc) is 2.61. The van der Waals surface area contributed by atoms with Crippen molar-refractivity contribution in [1.29, 1.82) is 0 Å². The first-order valence-electron chi connectivity index (χ1n) is 6.10. The molecule has 1 aliphatic carbocycles. The van der Waals surface area contributed by atoms with Gasteiger partial charge in [0, 0.05) is 43.9 Å². The number of Topliss-reactive ketones (excluding diaryl/α,β-unsaturated/α-hetero) is 1. The number of rotatable bonds is 1. The summed E-state index contributed by atoms with van der Waals surface area (Å²) < 4.78 is 27.0. The number of hydrogen-bond donors (Lipinski definition) is 1. The summed E-state index contributed by atoms with van der Waals surface area (Å²) in [6, 6.07) is 5.03. The standard InChI is InChI=1S/C13H14F2N2O/c14-13(15)8-10-9(12(13)18)2-1-3-11(10)17-6-4-16-5-7-17/h1-3,16H,4-8H2. The van der Waals surface area contributed by atoms with Crippen molar-refractivity contribution in [1.82, 2.24) is 5.32 Å². The van der Waals surface area contributed by atoms with E-state index in [0.29, 0.717) is 5.56 Å². The van der Waals surface area contributed by atoms with Gasteiger partial charge >= 0.3 is 5.92 Å². The first-order chi connectivity index (χ1) is 8.59. The van der Waals surface area contributed by atoms with E-state index in [9.17, 15) is 13.6 Å². The van der Waals surface area contributed by atoms with Crippen LogP contribution in [0.25, 0.3) is 0 Å². The Labute approximate surface area is 104 Å². The second kappa shape index (κ2) is 4.02. The third-order valence-corrected chi connectivity index (χ3v) is 3.58. The molecule has 1 heterocycles. The Morgan fingerprint density at radius 3 is 2.67 bits per heavy atom. The first kappa shape index (κ1) is 11.6. The van der Waals surface area contributed by atoms with Gasteiger partial charge in [-0.15, -0.1) is 0 Å². The topological polar surface area (TPSA) is 32.3 Å². The van der Waals surface area contributed by atoms with Crippen molar-refractivity contribution < 1.29 is 13.6 Å². The summed E-state index contributed by atoms with van der Waals surface area (Å²) in [7, 11) is 0. The number of nitrogens with one attached hydrogen (secondary N) is 1. The Morgan fingerprint density at radius 2 is 1.94 bits per heavy atom. The number of fused-ring (bicyclic) bond motifs is 1. The SMILES string of the molecule is O=C1c2cccc(N3CCNCC3)c2CC1(F)F. The number of carbonyl (C=O) groups excluding carboxylic acids is 1. The molecule has 1 aliphatic heterocycles. The summed E-state index contributed by atoms with van der Waals surface area (Å²) in [6.07, 6.45) is -0.457. The molecular weight excluding hydrogens is 238 g/mol. The summed E-state index contributed by atoms with van der Waals surface area (Å²) in [5.74, 6) is -4.26. The van der Waals surface area contributed by atoms with Crippen molar-refractivity contribution in [2.24, 2.45) is 0 Å². The fourth-order valence-electron chi connectivity index (χ4n) is 2.67. The van der Waals surface area contributed by atoms with Crippen LogP contribution in [0.4, 0.5) is 14.5 Å². The van der Waals surface area contributed by atoms with E-state index in [-0.39, 0.29) is 5.56 Å². The molecule has 1 saturated heterocycles. The molecule has 1 fully saturated rings. The predicted molar refractivity (Wildman–Crippen MR) is 64.5 cm³/mol. The van der Waals surface area contributed by atoms with Crippen molar-refractivity contribution in [2.45, 2.75) is 12.3 Å². The molecule has 0 bridgehead atoms. The van der Waals surface area contributed by atoms with Crippen LogP contribution in [0.15, 0.2) is 18.2 Å². The van der Waals surface area contributed by atoms with Crippen LogP contribution < -0.4 is 10.2 Å². The van der Waals surface area contributed by atoms with Gasteiger partial charge in [0.25, 0.3) is 0 Å². The predicted octanol–water partition coefficient (Wildman–Crippen LogP) is 1.47. The molecule has 0 unspecified atom stereocenters.